The fourth-order valence-electron chi connectivity index (χ4n) is 7.84. The fraction of sp³-hybridized carbons (Fsp3) is 0.517. The minimum Gasteiger partial charge on any atom is -0.482 e. The molecule has 5 aliphatic rings. The normalized spacial score (nSPS) is 33.1. The first-order valence-electron chi connectivity index (χ1n) is 13.6. The number of benzene rings is 2. The minimum atomic E-state index is -1.05. The molecule has 200 valence electrons. The molecule has 0 aromatic heterocycles. The summed E-state index contributed by atoms with van der Waals surface area (Å²) in [7, 11) is 0. The van der Waals surface area contributed by atoms with Crippen molar-refractivity contribution in [3.8, 4) is 11.5 Å². The summed E-state index contributed by atoms with van der Waals surface area (Å²) in [6, 6.07) is 9.47. The molecule has 9 heteroatoms. The number of hydrogen-bond donors (Lipinski definition) is 4. The number of carbonyl (C=O) groups excluding carboxylic acids is 1. The van der Waals surface area contributed by atoms with Gasteiger partial charge in [-0.1, -0.05) is 12.5 Å². The zero-order valence-electron chi connectivity index (χ0n) is 21.1. The molecule has 2 heterocycles. The Kier molecular flexibility index (Phi) is 5.31. The molecule has 5 atom stereocenters. The van der Waals surface area contributed by atoms with Gasteiger partial charge in [0.15, 0.2) is 11.5 Å². The van der Waals surface area contributed by atoms with Crippen LogP contribution in [0.25, 0.3) is 0 Å². The number of ether oxygens (including phenoxy) is 2. The third kappa shape index (κ3) is 3.28. The molecular formula is C29H32N2O7. The third-order valence-corrected chi connectivity index (χ3v) is 9.82. The van der Waals surface area contributed by atoms with Gasteiger partial charge in [-0.3, -0.25) is 10.2 Å². The monoisotopic (exact) mass is 520 g/mol. The standard InChI is InChI=1S/C29H32N2O7/c32-20-10-11-29(36)22-14-18-6-9-21(37-27(35)30-19-7-4-17(5-8-19)26(33)34)24-23(18)28(29,25(20)38-24)12-13-31(22)15-16-2-1-3-16/h4-9,16,20,22,25,32,36H,1-3,10-15H2,(H,30,35)(H,33,34)/t20-,22+,25-,28?,29+/m0/s1. The van der Waals surface area contributed by atoms with E-state index in [4.69, 9.17) is 14.6 Å². The Morgan fingerprint density at radius 1 is 1.11 bits per heavy atom. The van der Waals surface area contributed by atoms with Gasteiger partial charge in [0.25, 0.3) is 0 Å². The lowest BCUT2D eigenvalue weighted by Gasteiger charge is -2.64. The molecule has 1 saturated heterocycles. The maximum Gasteiger partial charge on any atom is 0.417 e. The van der Waals surface area contributed by atoms with Crippen LogP contribution in [0.5, 0.6) is 11.5 Å². The molecule has 1 spiro atoms. The molecule has 1 amide bonds. The summed E-state index contributed by atoms with van der Waals surface area (Å²) >= 11 is 0. The number of aliphatic hydroxyl groups is 2. The Morgan fingerprint density at radius 3 is 2.61 bits per heavy atom. The van der Waals surface area contributed by atoms with Crippen molar-refractivity contribution >= 4 is 17.7 Å². The van der Waals surface area contributed by atoms with Gasteiger partial charge in [-0.25, -0.2) is 9.59 Å². The number of aliphatic hydroxyl groups excluding tert-OH is 1. The van der Waals surface area contributed by atoms with E-state index in [1.165, 1.54) is 43.5 Å². The largest absolute Gasteiger partial charge is 0.482 e. The molecule has 2 aromatic rings. The van der Waals surface area contributed by atoms with E-state index in [0.29, 0.717) is 43.0 Å². The lowest BCUT2D eigenvalue weighted by Crippen LogP contribution is -2.77. The summed E-state index contributed by atoms with van der Waals surface area (Å²) in [5, 5.41) is 35.2. The van der Waals surface area contributed by atoms with Crippen LogP contribution in [-0.2, 0) is 11.8 Å². The van der Waals surface area contributed by atoms with Crippen molar-refractivity contribution in [2.24, 2.45) is 5.92 Å². The van der Waals surface area contributed by atoms with E-state index in [-0.39, 0.29) is 17.4 Å². The molecule has 3 fully saturated rings. The second kappa shape index (κ2) is 8.43. The lowest BCUT2D eigenvalue weighted by molar-refractivity contribution is -0.209. The van der Waals surface area contributed by atoms with Crippen molar-refractivity contribution in [3.63, 3.8) is 0 Å². The van der Waals surface area contributed by atoms with Gasteiger partial charge in [0.1, 0.15) is 6.10 Å². The van der Waals surface area contributed by atoms with Gasteiger partial charge in [0, 0.05) is 23.8 Å². The van der Waals surface area contributed by atoms with Crippen LogP contribution in [0.3, 0.4) is 0 Å². The summed E-state index contributed by atoms with van der Waals surface area (Å²) in [5.74, 6) is 0.336. The Bertz CT molecular complexity index is 1310. The van der Waals surface area contributed by atoms with Crippen LogP contribution in [0.4, 0.5) is 10.5 Å². The third-order valence-electron chi connectivity index (χ3n) is 9.82. The van der Waals surface area contributed by atoms with E-state index < -0.39 is 35.3 Å². The number of nitrogens with zero attached hydrogens (tertiary/aromatic N) is 1. The van der Waals surface area contributed by atoms with Crippen molar-refractivity contribution in [1.82, 2.24) is 4.90 Å². The number of rotatable bonds is 5. The molecule has 2 bridgehead atoms. The number of carboxylic acids is 1. The topological polar surface area (TPSA) is 129 Å². The summed E-state index contributed by atoms with van der Waals surface area (Å²) in [6.45, 7) is 1.85. The Balaban J connectivity index is 1.21. The molecule has 0 radical (unpaired) electrons. The quantitative estimate of drug-likeness (QED) is 0.473. The number of carbonyl (C=O) groups is 2. The van der Waals surface area contributed by atoms with Crippen LogP contribution in [0.1, 0.15) is 60.0 Å². The number of piperidine rings is 1. The molecule has 2 aromatic carbocycles. The van der Waals surface area contributed by atoms with E-state index in [1.54, 1.807) is 6.07 Å². The van der Waals surface area contributed by atoms with Gasteiger partial charge in [-0.2, -0.15) is 0 Å². The number of hydrogen-bond acceptors (Lipinski definition) is 7. The highest BCUT2D eigenvalue weighted by Crippen LogP contribution is 2.65. The van der Waals surface area contributed by atoms with Crippen LogP contribution >= 0.6 is 0 Å². The van der Waals surface area contributed by atoms with E-state index in [9.17, 15) is 19.8 Å². The molecule has 1 unspecified atom stereocenters. The van der Waals surface area contributed by atoms with Crippen LogP contribution in [-0.4, -0.2) is 69.2 Å². The molecule has 38 heavy (non-hydrogen) atoms. The van der Waals surface area contributed by atoms with Crippen molar-refractivity contribution in [2.75, 3.05) is 18.4 Å². The zero-order chi connectivity index (χ0) is 26.2. The van der Waals surface area contributed by atoms with E-state index in [1.807, 2.05) is 6.07 Å². The summed E-state index contributed by atoms with van der Waals surface area (Å²) in [5.41, 5.74) is 0.723. The smallest absolute Gasteiger partial charge is 0.417 e. The Labute approximate surface area is 220 Å². The molecule has 4 N–H and O–H groups in total. The predicted molar refractivity (Wildman–Crippen MR) is 137 cm³/mol. The number of amides is 1. The maximum atomic E-state index is 12.8. The molecular weight excluding hydrogens is 488 g/mol. The van der Waals surface area contributed by atoms with Crippen molar-refractivity contribution in [1.29, 1.82) is 0 Å². The number of anilines is 1. The zero-order valence-corrected chi connectivity index (χ0v) is 21.1. The highest BCUT2D eigenvalue weighted by molar-refractivity contribution is 5.90. The van der Waals surface area contributed by atoms with Gasteiger partial charge >= 0.3 is 12.1 Å². The van der Waals surface area contributed by atoms with Gasteiger partial charge in [-0.05, 0) is 86.9 Å². The fourth-order valence-corrected chi connectivity index (χ4v) is 7.84. The average Bonchev–Trinajstić information content (AvgIpc) is 3.22. The lowest BCUT2D eigenvalue weighted by atomic mass is 9.48. The highest BCUT2D eigenvalue weighted by atomic mass is 16.6. The molecule has 3 aliphatic carbocycles. The number of likely N-dealkylation sites (tertiary alicyclic amines) is 1. The molecule has 7 rings (SSSR count). The Morgan fingerprint density at radius 2 is 1.89 bits per heavy atom. The van der Waals surface area contributed by atoms with Crippen LogP contribution in [0.15, 0.2) is 36.4 Å². The first-order chi connectivity index (χ1) is 18.3. The maximum absolute atomic E-state index is 12.8. The van der Waals surface area contributed by atoms with Crippen molar-refractivity contribution in [2.45, 2.75) is 74.2 Å². The van der Waals surface area contributed by atoms with Crippen LogP contribution in [0.2, 0.25) is 0 Å². The molecule has 2 saturated carbocycles. The van der Waals surface area contributed by atoms with E-state index in [0.717, 1.165) is 24.2 Å². The second-order valence-electron chi connectivity index (χ2n) is 11.6. The van der Waals surface area contributed by atoms with E-state index in [2.05, 4.69) is 10.2 Å². The average molecular weight is 521 g/mol. The van der Waals surface area contributed by atoms with Gasteiger partial charge in [-0.15, -0.1) is 0 Å². The summed E-state index contributed by atoms with van der Waals surface area (Å²) < 4.78 is 12.1. The number of aromatic carboxylic acids is 1. The van der Waals surface area contributed by atoms with E-state index >= 15 is 0 Å². The first-order valence-corrected chi connectivity index (χ1v) is 13.6. The highest BCUT2D eigenvalue weighted by Gasteiger charge is 2.73. The van der Waals surface area contributed by atoms with Crippen molar-refractivity contribution < 1.29 is 34.4 Å². The van der Waals surface area contributed by atoms with Gasteiger partial charge in [0.05, 0.1) is 22.7 Å². The number of nitrogens with one attached hydrogen (secondary N) is 1. The van der Waals surface area contributed by atoms with Gasteiger partial charge < -0.3 is 24.8 Å². The minimum absolute atomic E-state index is 0.0299. The summed E-state index contributed by atoms with van der Waals surface area (Å²) in [4.78, 5) is 26.4. The van der Waals surface area contributed by atoms with Crippen molar-refractivity contribution in [3.05, 3.63) is 53.1 Å². The predicted octanol–water partition coefficient (Wildman–Crippen LogP) is 3.31. The number of carboxylic acid groups (broad SMARTS) is 1. The second-order valence-corrected chi connectivity index (χ2v) is 11.6. The Hall–Kier alpha value is -3.14. The SMILES string of the molecule is O=C(Nc1ccc(C(=O)O)cc1)Oc1ccc2c3c1O[C@H]1[C@@H](O)CC[C@@]4(O)[C@@H](C2)N(CC2CCC2)CCC314. The van der Waals surface area contributed by atoms with Gasteiger partial charge in [0.2, 0.25) is 0 Å². The molecule has 2 aliphatic heterocycles. The van der Waals surface area contributed by atoms with Crippen LogP contribution < -0.4 is 14.8 Å². The van der Waals surface area contributed by atoms with Crippen LogP contribution in [0, 0.1) is 5.92 Å². The summed E-state index contributed by atoms with van der Waals surface area (Å²) in [6.07, 6.45) is 4.09. The first kappa shape index (κ1) is 23.9. The molecule has 9 nitrogen and oxygen atoms in total.